The molecule has 41 heavy (non-hydrogen) atoms. The fraction of sp³-hybridized carbons (Fsp3) is 0.345. The van der Waals surface area contributed by atoms with Gasteiger partial charge in [-0.1, -0.05) is 0 Å². The molecule has 1 aliphatic heterocycles. The number of aromatic nitrogens is 3. The molecule has 1 N–H and O–H groups in total. The van der Waals surface area contributed by atoms with Gasteiger partial charge >= 0.3 is 0 Å². The van der Waals surface area contributed by atoms with Crippen LogP contribution in [0.4, 0.5) is 23.2 Å². The van der Waals surface area contributed by atoms with Crippen molar-refractivity contribution in [2.75, 3.05) is 39.5 Å². The van der Waals surface area contributed by atoms with Crippen LogP contribution in [0.5, 0.6) is 0 Å². The summed E-state index contributed by atoms with van der Waals surface area (Å²) in [6.45, 7) is 1.65. The molecule has 4 aromatic rings. The minimum Gasteiger partial charge on any atom is -0.383 e. The van der Waals surface area contributed by atoms with Crippen LogP contribution in [-0.2, 0) is 13.6 Å². The number of carbonyl (C=O) groups is 1. The number of piperidine rings is 1. The van der Waals surface area contributed by atoms with E-state index in [9.17, 15) is 27.2 Å². The zero-order valence-electron chi connectivity index (χ0n) is 23.1. The maximum Gasteiger partial charge on any atom is 0.293 e. The molecule has 0 saturated carbocycles. The van der Waals surface area contributed by atoms with Crippen molar-refractivity contribution in [3.05, 3.63) is 87.1 Å². The molecule has 1 saturated heterocycles. The molecular weight excluding hydrogens is 540 g/mol. The Bertz CT molecular complexity index is 1680. The van der Waals surface area contributed by atoms with Crippen molar-refractivity contribution in [2.45, 2.75) is 25.3 Å². The Morgan fingerprint density at radius 2 is 1.73 bits per heavy atom. The lowest BCUT2D eigenvalue weighted by Gasteiger charge is -2.32. The summed E-state index contributed by atoms with van der Waals surface area (Å²) in [5.41, 5.74) is 0.176. The first-order valence-electron chi connectivity index (χ1n) is 13.2. The van der Waals surface area contributed by atoms with Gasteiger partial charge in [0.15, 0.2) is 5.82 Å². The van der Waals surface area contributed by atoms with Crippen LogP contribution >= 0.6 is 0 Å². The van der Waals surface area contributed by atoms with Crippen LogP contribution in [0, 0.1) is 23.3 Å². The van der Waals surface area contributed by atoms with Gasteiger partial charge in [0.2, 0.25) is 5.82 Å². The van der Waals surface area contributed by atoms with E-state index in [0.717, 1.165) is 28.6 Å². The SMILES string of the molecule is CNc1c(F)cn(-c2ccnc3c2cc(CN2CCC(c4c(F)cc(C(=O)N(C)C)cc4F)CC2)n3C)c(=O)c1F. The van der Waals surface area contributed by atoms with Gasteiger partial charge in [0.25, 0.3) is 11.5 Å². The summed E-state index contributed by atoms with van der Waals surface area (Å²) in [6, 6.07) is 5.56. The zero-order chi connectivity index (χ0) is 29.6. The van der Waals surface area contributed by atoms with Crippen LogP contribution in [-0.4, -0.2) is 64.1 Å². The summed E-state index contributed by atoms with van der Waals surface area (Å²) in [4.78, 5) is 32.7. The first-order valence-corrected chi connectivity index (χ1v) is 13.2. The van der Waals surface area contributed by atoms with Crippen molar-refractivity contribution < 1.29 is 22.4 Å². The normalized spacial score (nSPS) is 14.5. The molecule has 4 heterocycles. The smallest absolute Gasteiger partial charge is 0.293 e. The van der Waals surface area contributed by atoms with Gasteiger partial charge in [-0.15, -0.1) is 0 Å². The first kappa shape index (κ1) is 28.3. The van der Waals surface area contributed by atoms with Gasteiger partial charge in [-0.2, -0.15) is 4.39 Å². The Morgan fingerprint density at radius 1 is 1.07 bits per heavy atom. The van der Waals surface area contributed by atoms with Crippen LogP contribution in [0.3, 0.4) is 0 Å². The highest BCUT2D eigenvalue weighted by Crippen LogP contribution is 2.34. The molecule has 0 spiro atoms. The summed E-state index contributed by atoms with van der Waals surface area (Å²) in [5.74, 6) is -4.35. The van der Waals surface area contributed by atoms with Gasteiger partial charge in [0, 0.05) is 63.1 Å². The van der Waals surface area contributed by atoms with Crippen molar-refractivity contribution >= 4 is 22.6 Å². The molecule has 5 rings (SSSR count). The predicted molar refractivity (Wildman–Crippen MR) is 147 cm³/mol. The van der Waals surface area contributed by atoms with Gasteiger partial charge in [-0.3, -0.25) is 19.1 Å². The van der Waals surface area contributed by atoms with Crippen molar-refractivity contribution in [1.29, 1.82) is 0 Å². The summed E-state index contributed by atoms with van der Waals surface area (Å²) in [6.07, 6.45) is 3.47. The third-order valence-corrected chi connectivity index (χ3v) is 7.74. The van der Waals surface area contributed by atoms with Crippen molar-refractivity contribution in [1.82, 2.24) is 23.9 Å². The molecule has 1 aromatic carbocycles. The minimum atomic E-state index is -1.22. The van der Waals surface area contributed by atoms with Gasteiger partial charge in [0.05, 0.1) is 11.9 Å². The van der Waals surface area contributed by atoms with E-state index in [0.29, 0.717) is 49.2 Å². The molecule has 1 aliphatic rings. The molecule has 8 nitrogen and oxygen atoms in total. The third kappa shape index (κ3) is 5.08. The largest absolute Gasteiger partial charge is 0.383 e. The number of nitrogens with zero attached hydrogens (tertiary/aromatic N) is 5. The number of nitrogens with one attached hydrogen (secondary N) is 1. The number of fused-ring (bicyclic) bond motifs is 1. The molecule has 1 amide bonds. The fourth-order valence-corrected chi connectivity index (χ4v) is 5.55. The molecule has 3 aromatic heterocycles. The number of hydrogen-bond acceptors (Lipinski definition) is 5. The molecular formula is C29H30F4N6O2. The van der Waals surface area contributed by atoms with E-state index >= 15 is 0 Å². The molecule has 0 aliphatic carbocycles. The first-order chi connectivity index (χ1) is 19.5. The topological polar surface area (TPSA) is 75.4 Å². The minimum absolute atomic E-state index is 0.00704. The highest BCUT2D eigenvalue weighted by Gasteiger charge is 2.28. The number of carbonyl (C=O) groups excluding carboxylic acids is 1. The second kappa shape index (κ2) is 11.0. The highest BCUT2D eigenvalue weighted by molar-refractivity contribution is 5.94. The molecule has 216 valence electrons. The highest BCUT2D eigenvalue weighted by atomic mass is 19.1. The molecule has 1 fully saturated rings. The maximum absolute atomic E-state index is 14.9. The maximum atomic E-state index is 14.9. The van der Waals surface area contributed by atoms with E-state index in [1.165, 1.54) is 38.3 Å². The number of aryl methyl sites for hydroxylation is 1. The molecule has 0 bridgehead atoms. The number of anilines is 1. The van der Waals surface area contributed by atoms with Gasteiger partial charge < -0.3 is 14.8 Å². The number of hydrogen-bond donors (Lipinski definition) is 1. The molecule has 0 unspecified atom stereocenters. The summed E-state index contributed by atoms with van der Waals surface area (Å²) >= 11 is 0. The van der Waals surface area contributed by atoms with Crippen molar-refractivity contribution in [3.8, 4) is 5.69 Å². The lowest BCUT2D eigenvalue weighted by molar-refractivity contribution is 0.0826. The van der Waals surface area contributed by atoms with E-state index in [4.69, 9.17) is 0 Å². The zero-order valence-corrected chi connectivity index (χ0v) is 23.1. The second-order valence-corrected chi connectivity index (χ2v) is 10.5. The Kier molecular flexibility index (Phi) is 7.60. The van der Waals surface area contributed by atoms with Crippen molar-refractivity contribution in [2.24, 2.45) is 7.05 Å². The molecule has 0 radical (unpaired) electrons. The van der Waals surface area contributed by atoms with Crippen LogP contribution < -0.4 is 10.9 Å². The molecule has 0 atom stereocenters. The van der Waals surface area contributed by atoms with Crippen molar-refractivity contribution in [3.63, 3.8) is 0 Å². The Labute approximate surface area is 233 Å². The van der Waals surface area contributed by atoms with Gasteiger partial charge in [0.1, 0.15) is 23.0 Å². The number of amides is 1. The standard InChI is InChI=1S/C29H30F4N6O2/c1-34-26-22(32)15-39(29(41)25(26)33)23-5-8-35-27-19(23)13-18(37(27)4)14-38-9-6-16(7-10-38)24-20(30)11-17(12-21(24)31)28(40)36(2)3/h5,8,11-13,15-16,34H,6-7,9-10,14H2,1-4H3. The third-order valence-electron chi connectivity index (χ3n) is 7.74. The Hall–Kier alpha value is -4.19. The second-order valence-electron chi connectivity index (χ2n) is 10.5. The Balaban J connectivity index is 1.37. The van der Waals surface area contributed by atoms with E-state index in [2.05, 4.69) is 15.2 Å². The van der Waals surface area contributed by atoms with Gasteiger partial charge in [-0.05, 0) is 56.1 Å². The average Bonchev–Trinajstić information content (AvgIpc) is 3.26. The quantitative estimate of drug-likeness (QED) is 0.348. The van der Waals surface area contributed by atoms with Crippen LogP contribution in [0.25, 0.3) is 16.7 Å². The Morgan fingerprint density at radius 3 is 2.34 bits per heavy atom. The number of benzene rings is 1. The van der Waals surface area contributed by atoms with E-state index < -0.39 is 40.4 Å². The van der Waals surface area contributed by atoms with E-state index in [1.807, 2.05) is 17.7 Å². The van der Waals surface area contributed by atoms with Crippen LogP contribution in [0.2, 0.25) is 0 Å². The van der Waals surface area contributed by atoms with Crippen LogP contribution in [0.1, 0.15) is 40.4 Å². The summed E-state index contributed by atoms with van der Waals surface area (Å²) in [5, 5.41) is 2.92. The number of likely N-dealkylation sites (tertiary alicyclic amines) is 1. The number of rotatable bonds is 6. The summed E-state index contributed by atoms with van der Waals surface area (Å²) in [7, 11) is 6.19. The monoisotopic (exact) mass is 570 g/mol. The van der Waals surface area contributed by atoms with Gasteiger partial charge in [-0.25, -0.2) is 18.2 Å². The fourth-order valence-electron chi connectivity index (χ4n) is 5.55. The lowest BCUT2D eigenvalue weighted by atomic mass is 9.88. The van der Waals surface area contributed by atoms with E-state index in [1.54, 1.807) is 0 Å². The number of pyridine rings is 2. The summed E-state index contributed by atoms with van der Waals surface area (Å²) < 4.78 is 61.7. The van der Waals surface area contributed by atoms with Crippen LogP contribution in [0.15, 0.2) is 41.5 Å². The lowest BCUT2D eigenvalue weighted by Crippen LogP contribution is -2.33. The molecule has 12 heteroatoms. The average molecular weight is 571 g/mol. The number of halogens is 4. The predicted octanol–water partition coefficient (Wildman–Crippen LogP) is 4.40. The van der Waals surface area contributed by atoms with E-state index in [-0.39, 0.29) is 17.0 Å².